The number of aryl methyl sites for hydroxylation is 1. The van der Waals surface area contributed by atoms with Crippen molar-refractivity contribution in [3.05, 3.63) is 88.5 Å². The molecule has 1 heterocycles. The highest BCUT2D eigenvalue weighted by molar-refractivity contribution is 6.10. The molecule has 3 aromatic carbocycles. The first-order valence-electron chi connectivity index (χ1n) is 10.4. The fourth-order valence-corrected chi connectivity index (χ4v) is 3.81. The normalized spacial score (nSPS) is 11.2. The van der Waals surface area contributed by atoms with Crippen molar-refractivity contribution in [1.82, 2.24) is 4.57 Å². The summed E-state index contributed by atoms with van der Waals surface area (Å²) in [5.41, 5.74) is 2.93. The maximum absolute atomic E-state index is 12.3. The van der Waals surface area contributed by atoms with Crippen LogP contribution in [0.2, 0.25) is 0 Å². The Balaban J connectivity index is 1.41. The number of esters is 1. The quantitative estimate of drug-likeness (QED) is 0.189. The third-order valence-corrected chi connectivity index (χ3v) is 5.25. The van der Waals surface area contributed by atoms with E-state index in [9.17, 15) is 19.7 Å². The lowest BCUT2D eigenvalue weighted by Gasteiger charge is -2.07. The van der Waals surface area contributed by atoms with Gasteiger partial charge in [0.1, 0.15) is 0 Å². The Morgan fingerprint density at radius 2 is 1.76 bits per heavy atom. The number of nitrogens with one attached hydrogen (secondary N) is 1. The highest BCUT2D eigenvalue weighted by Crippen LogP contribution is 2.31. The van der Waals surface area contributed by atoms with Crippen LogP contribution in [0.25, 0.3) is 27.9 Å². The monoisotopic (exact) mass is 443 g/mol. The van der Waals surface area contributed by atoms with Crippen molar-refractivity contribution in [2.75, 3.05) is 11.9 Å². The van der Waals surface area contributed by atoms with Gasteiger partial charge in [0, 0.05) is 46.2 Å². The smallest absolute Gasteiger partial charge is 0.331 e. The van der Waals surface area contributed by atoms with Gasteiger partial charge in [-0.3, -0.25) is 14.9 Å². The lowest BCUT2D eigenvalue weighted by atomic mass is 10.1. The Bertz CT molecular complexity index is 1400. The van der Waals surface area contributed by atoms with Crippen molar-refractivity contribution < 1.29 is 19.2 Å². The number of hydrogen-bond donors (Lipinski definition) is 1. The number of para-hydroxylation sites is 2. The molecule has 0 fully saturated rings. The number of benzene rings is 3. The zero-order chi connectivity index (χ0) is 23.4. The summed E-state index contributed by atoms with van der Waals surface area (Å²) in [5, 5.41) is 15.9. The molecular weight excluding hydrogens is 422 g/mol. The van der Waals surface area contributed by atoms with Crippen LogP contribution >= 0.6 is 0 Å². The molecule has 8 heteroatoms. The number of carbonyl (C=O) groups is 2. The van der Waals surface area contributed by atoms with Crippen molar-refractivity contribution in [2.24, 2.45) is 0 Å². The fraction of sp³-hybridized carbons (Fsp3) is 0.120. The average Bonchev–Trinajstić information content (AvgIpc) is 3.14. The van der Waals surface area contributed by atoms with E-state index in [-0.39, 0.29) is 11.3 Å². The summed E-state index contributed by atoms with van der Waals surface area (Å²) >= 11 is 0. The summed E-state index contributed by atoms with van der Waals surface area (Å²) in [6, 6.07) is 19.8. The average molecular weight is 443 g/mol. The zero-order valence-corrected chi connectivity index (χ0v) is 17.9. The molecule has 0 aliphatic rings. The van der Waals surface area contributed by atoms with Crippen LogP contribution in [0.1, 0.15) is 12.5 Å². The molecule has 0 saturated carbocycles. The maximum atomic E-state index is 12.3. The van der Waals surface area contributed by atoms with Gasteiger partial charge in [-0.1, -0.05) is 30.3 Å². The topological polar surface area (TPSA) is 103 Å². The molecule has 1 N–H and O–H groups in total. The van der Waals surface area contributed by atoms with Crippen LogP contribution in [0.4, 0.5) is 11.4 Å². The summed E-state index contributed by atoms with van der Waals surface area (Å²) in [5.74, 6) is -1.26. The number of nitro groups is 1. The predicted octanol–water partition coefficient (Wildman–Crippen LogP) is 4.92. The molecule has 33 heavy (non-hydrogen) atoms. The molecule has 0 saturated heterocycles. The number of fused-ring (bicyclic) bond motifs is 3. The van der Waals surface area contributed by atoms with Gasteiger partial charge in [0.2, 0.25) is 0 Å². The molecule has 0 bridgehead atoms. The van der Waals surface area contributed by atoms with E-state index in [1.165, 1.54) is 24.3 Å². The van der Waals surface area contributed by atoms with E-state index in [1.807, 2.05) is 36.4 Å². The van der Waals surface area contributed by atoms with Crippen LogP contribution in [0.5, 0.6) is 0 Å². The van der Waals surface area contributed by atoms with Gasteiger partial charge in [-0.15, -0.1) is 0 Å². The zero-order valence-electron chi connectivity index (χ0n) is 17.9. The Morgan fingerprint density at radius 3 is 2.55 bits per heavy atom. The number of rotatable bonds is 7. The van der Waals surface area contributed by atoms with Crippen molar-refractivity contribution >= 4 is 51.1 Å². The van der Waals surface area contributed by atoms with E-state index in [2.05, 4.69) is 22.9 Å². The number of nitro benzene ring substituents is 1. The van der Waals surface area contributed by atoms with Crippen molar-refractivity contribution in [3.63, 3.8) is 0 Å². The third-order valence-electron chi connectivity index (χ3n) is 5.25. The molecule has 0 unspecified atom stereocenters. The van der Waals surface area contributed by atoms with Crippen molar-refractivity contribution in [3.8, 4) is 0 Å². The van der Waals surface area contributed by atoms with Crippen LogP contribution in [-0.2, 0) is 20.9 Å². The molecule has 8 nitrogen and oxygen atoms in total. The minimum atomic E-state index is -0.773. The summed E-state index contributed by atoms with van der Waals surface area (Å²) in [6.45, 7) is 2.43. The first-order valence-corrected chi connectivity index (χ1v) is 10.4. The van der Waals surface area contributed by atoms with Crippen LogP contribution in [-0.4, -0.2) is 28.0 Å². The second-order valence-electron chi connectivity index (χ2n) is 7.30. The van der Waals surface area contributed by atoms with Crippen LogP contribution in [0.3, 0.4) is 0 Å². The second-order valence-corrected chi connectivity index (χ2v) is 7.30. The third kappa shape index (κ3) is 4.59. The van der Waals surface area contributed by atoms with Gasteiger partial charge in [-0.2, -0.15) is 0 Å². The molecule has 166 valence electrons. The van der Waals surface area contributed by atoms with Crippen LogP contribution in [0.15, 0.2) is 72.8 Å². The molecule has 4 rings (SSSR count). The molecule has 1 aromatic heterocycles. The van der Waals surface area contributed by atoms with Gasteiger partial charge >= 0.3 is 5.97 Å². The summed E-state index contributed by atoms with van der Waals surface area (Å²) in [6.07, 6.45) is 2.34. The second kappa shape index (κ2) is 9.35. The first-order chi connectivity index (χ1) is 16.0. The summed E-state index contributed by atoms with van der Waals surface area (Å²) < 4.78 is 7.18. The molecule has 0 aliphatic carbocycles. The van der Waals surface area contributed by atoms with E-state index in [0.717, 1.165) is 34.4 Å². The highest BCUT2D eigenvalue weighted by atomic mass is 16.6. The minimum absolute atomic E-state index is 0.126. The van der Waals surface area contributed by atoms with Crippen LogP contribution < -0.4 is 5.32 Å². The minimum Gasteiger partial charge on any atom is -0.452 e. The first kappa shape index (κ1) is 21.8. The highest BCUT2D eigenvalue weighted by Gasteiger charge is 2.13. The Kier molecular flexibility index (Phi) is 6.17. The lowest BCUT2D eigenvalue weighted by Crippen LogP contribution is -2.20. The van der Waals surface area contributed by atoms with Crippen molar-refractivity contribution in [1.29, 1.82) is 0 Å². The number of carbonyl (C=O) groups excluding carboxylic acids is 2. The summed E-state index contributed by atoms with van der Waals surface area (Å²) in [4.78, 5) is 34.7. The SMILES string of the molecule is CCn1c2ccccc2c2cc(NC(=O)COC(=O)C=Cc3ccccc3[N+](=O)[O-])ccc21. The van der Waals surface area contributed by atoms with E-state index in [1.54, 1.807) is 6.07 Å². The Morgan fingerprint density at radius 1 is 1.03 bits per heavy atom. The fourth-order valence-electron chi connectivity index (χ4n) is 3.81. The summed E-state index contributed by atoms with van der Waals surface area (Å²) in [7, 11) is 0. The molecule has 0 radical (unpaired) electrons. The van der Waals surface area contributed by atoms with Gasteiger partial charge in [-0.25, -0.2) is 4.79 Å². The molecule has 0 atom stereocenters. The van der Waals surface area contributed by atoms with Gasteiger partial charge in [0.15, 0.2) is 6.61 Å². The molecule has 0 spiro atoms. The maximum Gasteiger partial charge on any atom is 0.331 e. The number of hydrogen-bond acceptors (Lipinski definition) is 5. The largest absolute Gasteiger partial charge is 0.452 e. The Hall–Kier alpha value is -4.46. The predicted molar refractivity (Wildman–Crippen MR) is 127 cm³/mol. The Labute approximate surface area is 189 Å². The van der Waals surface area contributed by atoms with Gasteiger partial charge in [0.05, 0.1) is 10.5 Å². The lowest BCUT2D eigenvalue weighted by molar-refractivity contribution is -0.385. The molecule has 4 aromatic rings. The number of ether oxygens (including phenoxy) is 1. The van der Waals surface area contributed by atoms with E-state index >= 15 is 0 Å². The van der Waals surface area contributed by atoms with Gasteiger partial charge in [-0.05, 0) is 43.3 Å². The van der Waals surface area contributed by atoms with E-state index in [4.69, 9.17) is 4.74 Å². The van der Waals surface area contributed by atoms with E-state index < -0.39 is 23.4 Å². The molecular formula is C25H21N3O5. The van der Waals surface area contributed by atoms with Crippen LogP contribution in [0, 0.1) is 10.1 Å². The number of aromatic nitrogens is 1. The van der Waals surface area contributed by atoms with Gasteiger partial charge < -0.3 is 14.6 Å². The van der Waals surface area contributed by atoms with E-state index in [0.29, 0.717) is 5.69 Å². The molecule has 0 aliphatic heterocycles. The number of amides is 1. The molecule has 1 amide bonds. The standard InChI is InChI=1S/C25H21N3O5/c1-2-27-22-10-6-4-8-19(22)20-15-18(12-13-23(20)27)26-24(29)16-33-25(30)14-11-17-7-3-5-9-21(17)28(31)32/h3-15H,2,16H2,1H3,(H,26,29). The number of anilines is 1. The van der Waals surface area contributed by atoms with Crippen molar-refractivity contribution in [2.45, 2.75) is 13.5 Å². The number of nitrogens with zero attached hydrogens (tertiary/aromatic N) is 2. The van der Waals surface area contributed by atoms with Gasteiger partial charge in [0.25, 0.3) is 11.6 Å².